The van der Waals surface area contributed by atoms with Gasteiger partial charge in [0.15, 0.2) is 0 Å². The quantitative estimate of drug-likeness (QED) is 0.203. The summed E-state index contributed by atoms with van der Waals surface area (Å²) in [5, 5.41) is 0. The van der Waals surface area contributed by atoms with Gasteiger partial charge in [-0.15, -0.1) is 22.7 Å². The van der Waals surface area contributed by atoms with E-state index in [1.54, 1.807) is 11.3 Å². The fraction of sp³-hybridized carbons (Fsp3) is 0.680. The highest BCUT2D eigenvalue weighted by molar-refractivity contribution is 9.11. The van der Waals surface area contributed by atoms with Crippen LogP contribution in [0.15, 0.2) is 19.7 Å². The highest BCUT2D eigenvalue weighted by Gasteiger charge is 2.42. The van der Waals surface area contributed by atoms with Crippen LogP contribution >= 0.6 is 54.5 Å². The summed E-state index contributed by atoms with van der Waals surface area (Å²) in [7, 11) is 0. The van der Waals surface area contributed by atoms with E-state index < -0.39 is 0 Å². The maximum Gasteiger partial charge on any atom is 0.141 e. The lowest BCUT2D eigenvalue weighted by atomic mass is 9.81. The number of unbranched alkanes of at least 4 members (excludes halogenated alkanes) is 10. The Bertz CT molecular complexity index is 764. The highest BCUT2D eigenvalue weighted by atomic mass is 79.9. The molecule has 0 saturated heterocycles. The monoisotopic (exact) mass is 574 g/mol. The molecular formula is C25H36Br2OS2. The largest absolute Gasteiger partial charge is 0.481 e. The molecule has 0 amide bonds. The number of thiophene rings is 2. The van der Waals surface area contributed by atoms with E-state index in [4.69, 9.17) is 4.74 Å². The molecule has 30 heavy (non-hydrogen) atoms. The maximum atomic E-state index is 6.90. The molecular weight excluding hydrogens is 540 g/mol. The fourth-order valence-electron chi connectivity index (χ4n) is 4.59. The van der Waals surface area contributed by atoms with Crippen molar-refractivity contribution in [3.8, 4) is 15.5 Å². The van der Waals surface area contributed by atoms with Crippen molar-refractivity contribution in [2.45, 2.75) is 109 Å². The summed E-state index contributed by atoms with van der Waals surface area (Å²) >= 11 is 11.2. The van der Waals surface area contributed by atoms with Gasteiger partial charge in [-0.05, 0) is 63.6 Å². The van der Waals surface area contributed by atoms with Gasteiger partial charge >= 0.3 is 0 Å². The van der Waals surface area contributed by atoms with Crippen LogP contribution in [0.3, 0.4) is 0 Å². The first-order valence-corrected chi connectivity index (χ1v) is 15.1. The molecule has 0 aromatic carbocycles. The van der Waals surface area contributed by atoms with Crippen molar-refractivity contribution in [3.05, 3.63) is 25.3 Å². The number of halogens is 2. The Morgan fingerprint density at radius 3 is 1.80 bits per heavy atom. The van der Waals surface area contributed by atoms with Gasteiger partial charge in [0.05, 0.1) is 17.3 Å². The van der Waals surface area contributed by atoms with Gasteiger partial charge in [0.2, 0.25) is 0 Å². The molecule has 0 radical (unpaired) electrons. The number of hydrogen-bond acceptors (Lipinski definition) is 3. The zero-order chi connectivity index (χ0) is 21.4. The Balaban J connectivity index is 1.74. The van der Waals surface area contributed by atoms with Gasteiger partial charge in [-0.2, -0.15) is 0 Å². The Hall–Kier alpha value is 0.160. The van der Waals surface area contributed by atoms with Gasteiger partial charge in [0.25, 0.3) is 0 Å². The zero-order valence-electron chi connectivity index (χ0n) is 18.5. The van der Waals surface area contributed by atoms with E-state index >= 15 is 0 Å². The smallest absolute Gasteiger partial charge is 0.141 e. The number of hydrogen-bond donors (Lipinski definition) is 0. The van der Waals surface area contributed by atoms with E-state index in [1.807, 2.05) is 11.3 Å². The molecule has 168 valence electrons. The minimum atomic E-state index is -0.152. The average Bonchev–Trinajstić information content (AvgIpc) is 3.29. The highest BCUT2D eigenvalue weighted by Crippen LogP contribution is 2.57. The van der Waals surface area contributed by atoms with Crippen molar-refractivity contribution < 1.29 is 4.74 Å². The zero-order valence-corrected chi connectivity index (χ0v) is 23.3. The van der Waals surface area contributed by atoms with E-state index in [0.717, 1.165) is 22.4 Å². The van der Waals surface area contributed by atoms with Crippen LogP contribution in [0.1, 0.15) is 109 Å². The second kappa shape index (κ2) is 12.4. The minimum absolute atomic E-state index is 0.152. The van der Waals surface area contributed by atoms with Gasteiger partial charge in [0.1, 0.15) is 11.4 Å². The van der Waals surface area contributed by atoms with Crippen LogP contribution in [0.4, 0.5) is 0 Å². The molecule has 0 bridgehead atoms. The van der Waals surface area contributed by atoms with Crippen molar-refractivity contribution in [1.29, 1.82) is 0 Å². The Kier molecular flexibility index (Phi) is 10.3. The van der Waals surface area contributed by atoms with Crippen LogP contribution < -0.4 is 4.74 Å². The van der Waals surface area contributed by atoms with Gasteiger partial charge in [-0.1, -0.05) is 78.1 Å². The third-order valence-electron chi connectivity index (χ3n) is 6.24. The summed E-state index contributed by atoms with van der Waals surface area (Å²) in [5.74, 6) is 1.09. The summed E-state index contributed by atoms with van der Waals surface area (Å²) in [6.45, 7) is 4.58. The van der Waals surface area contributed by atoms with Crippen LogP contribution in [0, 0.1) is 0 Å². The van der Waals surface area contributed by atoms with Crippen molar-refractivity contribution in [2.75, 3.05) is 0 Å². The molecule has 0 fully saturated rings. The summed E-state index contributed by atoms with van der Waals surface area (Å²) < 4.78 is 9.29. The lowest BCUT2D eigenvalue weighted by Gasteiger charge is -2.38. The number of ether oxygens (including phenoxy) is 1. The van der Waals surface area contributed by atoms with Crippen LogP contribution in [-0.2, 0) is 5.60 Å². The van der Waals surface area contributed by atoms with E-state index in [2.05, 4.69) is 57.8 Å². The average molecular weight is 577 g/mol. The van der Waals surface area contributed by atoms with E-state index in [9.17, 15) is 0 Å². The SMILES string of the molecule is CCCCCCCCC1(CCCCCCCC)Oc2cc(Br)sc2-c2sc(Br)cc21. The topological polar surface area (TPSA) is 9.23 Å². The molecule has 0 atom stereocenters. The van der Waals surface area contributed by atoms with Crippen LogP contribution in [0.25, 0.3) is 9.75 Å². The first-order chi connectivity index (χ1) is 14.6. The van der Waals surface area contributed by atoms with Crippen LogP contribution in [0.5, 0.6) is 5.75 Å². The van der Waals surface area contributed by atoms with Gasteiger partial charge in [-0.3, -0.25) is 0 Å². The Morgan fingerprint density at radius 2 is 1.20 bits per heavy atom. The molecule has 0 spiro atoms. The Morgan fingerprint density at radius 1 is 0.700 bits per heavy atom. The first kappa shape index (κ1) is 24.8. The first-order valence-electron chi connectivity index (χ1n) is 11.9. The summed E-state index contributed by atoms with van der Waals surface area (Å²) in [6, 6.07) is 4.54. The van der Waals surface area contributed by atoms with Gasteiger partial charge in [-0.25, -0.2) is 0 Å². The van der Waals surface area contributed by atoms with E-state index in [-0.39, 0.29) is 5.60 Å². The van der Waals surface area contributed by atoms with Crippen molar-refractivity contribution in [3.63, 3.8) is 0 Å². The molecule has 0 aliphatic carbocycles. The molecule has 0 saturated carbocycles. The van der Waals surface area contributed by atoms with Crippen molar-refractivity contribution in [1.82, 2.24) is 0 Å². The maximum absolute atomic E-state index is 6.90. The predicted octanol–water partition coefficient (Wildman–Crippen LogP) is 11.1. The minimum Gasteiger partial charge on any atom is -0.481 e. The summed E-state index contributed by atoms with van der Waals surface area (Å²) in [5.41, 5.74) is 1.28. The second-order valence-corrected chi connectivity index (χ2v) is 13.5. The summed E-state index contributed by atoms with van der Waals surface area (Å²) in [6.07, 6.45) is 18.3. The van der Waals surface area contributed by atoms with E-state index in [0.29, 0.717) is 0 Å². The predicted molar refractivity (Wildman–Crippen MR) is 141 cm³/mol. The van der Waals surface area contributed by atoms with Gasteiger partial charge < -0.3 is 4.74 Å². The number of fused-ring (bicyclic) bond motifs is 3. The molecule has 3 heterocycles. The van der Waals surface area contributed by atoms with E-state index in [1.165, 1.54) is 96.2 Å². The van der Waals surface area contributed by atoms with Crippen LogP contribution in [0.2, 0.25) is 0 Å². The molecule has 0 unspecified atom stereocenters. The third kappa shape index (κ3) is 6.36. The molecule has 1 nitrogen and oxygen atoms in total. The van der Waals surface area contributed by atoms with Crippen molar-refractivity contribution >= 4 is 54.5 Å². The standard InChI is InChI=1S/C25H36Br2OS2/c1-3-5-7-9-11-13-15-25(16-14-12-10-8-6-4-2)19-17-21(26)29-23(19)24-20(28-25)18-22(27)30-24/h17-18H,3-16H2,1-2H3. The fourth-order valence-corrected chi connectivity index (χ4v) is 7.93. The lowest BCUT2D eigenvalue weighted by molar-refractivity contribution is 0.0396. The molecule has 2 aromatic rings. The van der Waals surface area contributed by atoms with Crippen LogP contribution in [-0.4, -0.2) is 0 Å². The lowest BCUT2D eigenvalue weighted by Crippen LogP contribution is -2.35. The molecule has 0 N–H and O–H groups in total. The Labute approximate surface area is 208 Å². The third-order valence-corrected chi connectivity index (χ3v) is 9.66. The molecule has 3 rings (SSSR count). The summed E-state index contributed by atoms with van der Waals surface area (Å²) in [4.78, 5) is 2.73. The van der Waals surface area contributed by atoms with Crippen molar-refractivity contribution in [2.24, 2.45) is 0 Å². The second-order valence-electron chi connectivity index (χ2n) is 8.67. The normalized spacial score (nSPS) is 14.4. The molecule has 5 heteroatoms. The number of rotatable bonds is 14. The van der Waals surface area contributed by atoms with Gasteiger partial charge in [0, 0.05) is 11.6 Å². The molecule has 1 aliphatic heterocycles. The molecule has 2 aromatic heterocycles. The molecule has 1 aliphatic rings.